The number of para-hydroxylation sites is 1. The number of nitrogens with zero attached hydrogens (tertiary/aromatic N) is 2. The van der Waals surface area contributed by atoms with E-state index in [1.54, 1.807) is 0 Å². The molecule has 0 bridgehead atoms. The van der Waals surface area contributed by atoms with Crippen molar-refractivity contribution in [2.75, 3.05) is 13.1 Å². The third kappa shape index (κ3) is 8.75. The summed E-state index contributed by atoms with van der Waals surface area (Å²) in [7, 11) is 0. The number of ketones is 1. The van der Waals surface area contributed by atoms with Gasteiger partial charge in [0.15, 0.2) is 5.01 Å². The maximum absolute atomic E-state index is 13.0. The van der Waals surface area contributed by atoms with Crippen molar-refractivity contribution in [1.29, 1.82) is 0 Å². The summed E-state index contributed by atoms with van der Waals surface area (Å²) in [5.41, 5.74) is 2.96. The van der Waals surface area contributed by atoms with E-state index in [4.69, 9.17) is 4.74 Å². The van der Waals surface area contributed by atoms with E-state index in [1.807, 2.05) is 86.6 Å². The highest BCUT2D eigenvalue weighted by Crippen LogP contribution is 2.27. The lowest BCUT2D eigenvalue weighted by atomic mass is 10.1. The Morgan fingerprint density at radius 2 is 1.59 bits per heavy atom. The Kier molecular flexibility index (Phi) is 11.6. The van der Waals surface area contributed by atoms with Crippen molar-refractivity contribution in [2.45, 2.75) is 46.3 Å². The van der Waals surface area contributed by atoms with Crippen LogP contribution in [-0.2, 0) is 16.1 Å². The predicted molar refractivity (Wildman–Crippen MR) is 156 cm³/mol. The first-order valence-electron chi connectivity index (χ1n) is 13.2. The van der Waals surface area contributed by atoms with Crippen molar-refractivity contribution in [3.05, 3.63) is 101 Å². The van der Waals surface area contributed by atoms with Gasteiger partial charge in [0.05, 0.1) is 16.3 Å². The second-order valence-corrected chi connectivity index (χ2v) is 9.70. The summed E-state index contributed by atoms with van der Waals surface area (Å²) >= 11 is 1.34. The molecule has 1 aliphatic rings. The van der Waals surface area contributed by atoms with Crippen molar-refractivity contribution >= 4 is 39.3 Å². The average Bonchev–Trinajstić information content (AvgIpc) is 3.65. The number of nitrogens with one attached hydrogen (secondary N) is 1. The highest BCUT2D eigenvalue weighted by atomic mass is 32.1. The number of benzene rings is 3. The Balaban J connectivity index is 0.000000401. The van der Waals surface area contributed by atoms with E-state index in [2.05, 4.69) is 29.4 Å². The van der Waals surface area contributed by atoms with Gasteiger partial charge in [-0.15, -0.1) is 11.3 Å². The molecule has 0 aliphatic carbocycles. The molecule has 0 radical (unpaired) electrons. The first kappa shape index (κ1) is 29.5. The number of alkyl carbamates (subject to hydrolysis) is 1. The van der Waals surface area contributed by atoms with Crippen molar-refractivity contribution in [3.63, 3.8) is 0 Å². The number of ether oxygens (including phenoxy) is 1. The second kappa shape index (κ2) is 15.4. The van der Waals surface area contributed by atoms with Crippen LogP contribution in [0.3, 0.4) is 0 Å². The topological polar surface area (TPSA) is 88.6 Å². The number of rotatable bonds is 6. The Morgan fingerprint density at radius 1 is 0.949 bits per heavy atom. The number of aryl methyl sites for hydroxylation is 1. The first-order valence-corrected chi connectivity index (χ1v) is 14.0. The summed E-state index contributed by atoms with van der Waals surface area (Å²) in [6.07, 6.45) is 0.671. The van der Waals surface area contributed by atoms with Crippen LogP contribution < -0.4 is 5.32 Å². The summed E-state index contributed by atoms with van der Waals surface area (Å²) < 4.78 is 6.07. The number of aromatic nitrogens is 1. The Labute approximate surface area is 233 Å². The molecule has 1 saturated heterocycles. The fourth-order valence-electron chi connectivity index (χ4n) is 4.02. The van der Waals surface area contributed by atoms with Gasteiger partial charge >= 0.3 is 6.09 Å². The highest BCUT2D eigenvalue weighted by Gasteiger charge is 2.35. The van der Waals surface area contributed by atoms with E-state index in [9.17, 15) is 14.4 Å². The van der Waals surface area contributed by atoms with E-state index in [0.29, 0.717) is 18.0 Å². The van der Waals surface area contributed by atoms with Crippen LogP contribution in [0.15, 0.2) is 84.9 Å². The van der Waals surface area contributed by atoms with Gasteiger partial charge in [0.2, 0.25) is 11.7 Å². The minimum Gasteiger partial charge on any atom is -0.445 e. The second-order valence-electron chi connectivity index (χ2n) is 8.67. The third-order valence-electron chi connectivity index (χ3n) is 5.92. The molecule has 7 nitrogen and oxygen atoms in total. The smallest absolute Gasteiger partial charge is 0.407 e. The minimum absolute atomic E-state index is 0.128. The number of amides is 2. The number of fused-ring (bicyclic) bond motifs is 1. The van der Waals surface area contributed by atoms with E-state index in [0.717, 1.165) is 22.2 Å². The van der Waals surface area contributed by atoms with Crippen LogP contribution >= 0.6 is 11.3 Å². The molecule has 8 heteroatoms. The van der Waals surface area contributed by atoms with E-state index in [1.165, 1.54) is 21.8 Å². The van der Waals surface area contributed by atoms with Crippen LogP contribution in [0, 0.1) is 6.92 Å². The lowest BCUT2D eigenvalue weighted by Gasteiger charge is -2.23. The van der Waals surface area contributed by atoms with Crippen molar-refractivity contribution in [1.82, 2.24) is 15.2 Å². The molecule has 2 heterocycles. The van der Waals surface area contributed by atoms with Crippen LogP contribution in [0.4, 0.5) is 4.79 Å². The van der Waals surface area contributed by atoms with Crippen molar-refractivity contribution < 1.29 is 19.1 Å². The monoisotopic (exact) mass is 545 g/mol. The third-order valence-corrected chi connectivity index (χ3v) is 6.97. The predicted octanol–water partition coefficient (Wildman–Crippen LogP) is 6.42. The molecule has 2 amide bonds. The van der Waals surface area contributed by atoms with Gasteiger partial charge in [0, 0.05) is 6.54 Å². The molecule has 0 spiro atoms. The Hall–Kier alpha value is -4.04. The highest BCUT2D eigenvalue weighted by molar-refractivity contribution is 7.20. The molecular weight excluding hydrogens is 510 g/mol. The van der Waals surface area contributed by atoms with Crippen LogP contribution in [-0.4, -0.2) is 46.8 Å². The van der Waals surface area contributed by atoms with Gasteiger partial charge in [-0.3, -0.25) is 9.59 Å². The average molecular weight is 546 g/mol. The largest absolute Gasteiger partial charge is 0.445 e. The quantitative estimate of drug-likeness (QED) is 0.283. The molecule has 0 saturated carbocycles. The zero-order valence-electron chi connectivity index (χ0n) is 22.6. The molecule has 0 unspecified atom stereocenters. The van der Waals surface area contributed by atoms with Crippen LogP contribution in [0.2, 0.25) is 0 Å². The molecule has 1 aliphatic heterocycles. The van der Waals surface area contributed by atoms with Gasteiger partial charge in [0.1, 0.15) is 13.2 Å². The maximum atomic E-state index is 13.0. The molecular formula is C31H35N3O4S. The lowest BCUT2D eigenvalue weighted by Crippen LogP contribution is -2.45. The van der Waals surface area contributed by atoms with E-state index in [-0.39, 0.29) is 24.8 Å². The Bertz CT molecular complexity index is 1310. The molecule has 1 fully saturated rings. The summed E-state index contributed by atoms with van der Waals surface area (Å²) in [5.74, 6) is -0.447. The minimum atomic E-state index is -0.666. The fraction of sp³-hybridized carbons (Fsp3) is 0.290. The normalized spacial score (nSPS) is 13.9. The van der Waals surface area contributed by atoms with Crippen LogP contribution in [0.25, 0.3) is 10.2 Å². The maximum Gasteiger partial charge on any atom is 0.407 e. The number of hydrogen-bond acceptors (Lipinski definition) is 6. The molecule has 1 aromatic heterocycles. The number of Topliss-reactive ketones (excluding diaryl/α,β-unsaturated/α-hetero) is 1. The van der Waals surface area contributed by atoms with Gasteiger partial charge < -0.3 is 15.0 Å². The van der Waals surface area contributed by atoms with Gasteiger partial charge in [-0.05, 0) is 37.5 Å². The molecule has 39 heavy (non-hydrogen) atoms. The number of hydrogen-bond donors (Lipinski definition) is 1. The molecule has 4 aromatic rings. The van der Waals surface area contributed by atoms with Gasteiger partial charge in [-0.2, -0.15) is 0 Å². The van der Waals surface area contributed by atoms with E-state index >= 15 is 0 Å². The van der Waals surface area contributed by atoms with Crippen LogP contribution in [0.1, 0.15) is 47.6 Å². The van der Waals surface area contributed by atoms with E-state index < -0.39 is 12.1 Å². The summed E-state index contributed by atoms with van der Waals surface area (Å²) in [4.78, 5) is 43.4. The van der Waals surface area contributed by atoms with Crippen molar-refractivity contribution in [3.8, 4) is 0 Å². The zero-order chi connectivity index (χ0) is 28.0. The molecule has 3 aromatic carbocycles. The molecule has 1 N–H and O–H groups in total. The lowest BCUT2D eigenvalue weighted by molar-refractivity contribution is -0.130. The summed E-state index contributed by atoms with van der Waals surface area (Å²) in [6, 6.07) is 26.6. The van der Waals surface area contributed by atoms with Gasteiger partial charge in [-0.25, -0.2) is 9.78 Å². The first-order chi connectivity index (χ1) is 19.0. The summed E-state index contributed by atoms with van der Waals surface area (Å²) in [6.45, 7) is 6.49. The number of likely N-dealkylation sites (tertiary alicyclic amines) is 1. The Morgan fingerprint density at radius 3 is 2.23 bits per heavy atom. The molecule has 1 atom stereocenters. The van der Waals surface area contributed by atoms with Crippen LogP contribution in [0.5, 0.6) is 0 Å². The van der Waals surface area contributed by atoms with Gasteiger partial charge in [-0.1, -0.05) is 92.2 Å². The van der Waals surface area contributed by atoms with Crippen molar-refractivity contribution in [2.24, 2.45) is 0 Å². The number of thiazole rings is 1. The van der Waals surface area contributed by atoms with Gasteiger partial charge in [0.25, 0.3) is 0 Å². The number of carbonyl (C=O) groups excluding carboxylic acids is 3. The molecule has 5 rings (SSSR count). The molecule has 204 valence electrons. The standard InChI is InChI=1S/C22H21N3O4S.C7H8.C2H6/c26-19(13-23-22(28)29-14-15-7-2-1-3-8-15)25-12-6-10-17(25)20(27)21-24-16-9-4-5-11-18(16)30-21;1-7-5-3-2-4-6-7;1-2/h1-5,7-9,11,17H,6,10,12-14H2,(H,23,28);2-6H,1H3;1-2H3/t17-;;/m0../s1. The SMILES string of the molecule is CC.Cc1ccccc1.O=C(NCC(=O)N1CCC[C@H]1C(=O)c1nc2ccccc2s1)OCc1ccccc1. The summed E-state index contributed by atoms with van der Waals surface area (Å²) in [5, 5.41) is 2.89. The number of carbonyl (C=O) groups is 3. The zero-order valence-corrected chi connectivity index (χ0v) is 23.4. The fourth-order valence-corrected chi connectivity index (χ4v) is 4.97.